The van der Waals surface area contributed by atoms with Crippen LogP contribution in [0.1, 0.15) is 89.3 Å². The highest BCUT2D eigenvalue weighted by Gasteiger charge is 2.43. The number of oxime groups is 1. The van der Waals surface area contributed by atoms with Gasteiger partial charge < -0.3 is 19.8 Å². The third-order valence-electron chi connectivity index (χ3n) is 9.10. The van der Waals surface area contributed by atoms with Gasteiger partial charge >= 0.3 is 5.97 Å². The first-order valence-corrected chi connectivity index (χ1v) is 14.8. The molecule has 216 valence electrons. The second-order valence-electron chi connectivity index (χ2n) is 11.6. The van der Waals surface area contributed by atoms with Crippen molar-refractivity contribution in [3.8, 4) is 0 Å². The minimum Gasteiger partial charge on any atom is -0.476 e. The number of piperidine rings is 2. The number of hydrogen-bond donors (Lipinski definition) is 2. The second-order valence-corrected chi connectivity index (χ2v) is 11.6. The van der Waals surface area contributed by atoms with Crippen molar-refractivity contribution in [3.05, 3.63) is 40.3 Å². The van der Waals surface area contributed by atoms with Crippen molar-refractivity contribution in [2.45, 2.75) is 102 Å². The number of carboxylic acids is 1. The zero-order valence-corrected chi connectivity index (χ0v) is 23.6. The van der Waals surface area contributed by atoms with E-state index in [4.69, 9.17) is 4.84 Å². The minimum atomic E-state index is -1.44. The number of para-hydroxylation sites is 2. The molecule has 1 saturated carbocycles. The Hall–Kier alpha value is -3.27. The van der Waals surface area contributed by atoms with E-state index in [0.29, 0.717) is 29.2 Å². The Morgan fingerprint density at radius 1 is 1.05 bits per heavy atom. The Morgan fingerprint density at radius 3 is 2.40 bits per heavy atom. The van der Waals surface area contributed by atoms with Gasteiger partial charge in [0, 0.05) is 31.2 Å². The van der Waals surface area contributed by atoms with Crippen LogP contribution in [0.4, 0.5) is 0 Å². The maximum atomic E-state index is 14.0. The number of carbonyl (C=O) groups is 2. The van der Waals surface area contributed by atoms with Crippen molar-refractivity contribution in [2.24, 2.45) is 11.1 Å². The van der Waals surface area contributed by atoms with Gasteiger partial charge in [0.1, 0.15) is 0 Å². The van der Waals surface area contributed by atoms with Crippen molar-refractivity contribution in [3.63, 3.8) is 0 Å². The van der Waals surface area contributed by atoms with Crippen molar-refractivity contribution >= 4 is 28.6 Å². The fourth-order valence-corrected chi connectivity index (χ4v) is 7.48. The fourth-order valence-electron chi connectivity index (χ4n) is 7.48. The number of hydrogen-bond acceptors (Lipinski definition) is 7. The third kappa shape index (κ3) is 5.77. The first-order valence-electron chi connectivity index (χ1n) is 14.8. The Bertz CT molecular complexity index is 1310. The summed E-state index contributed by atoms with van der Waals surface area (Å²) in [6.45, 7) is 1.82. The van der Waals surface area contributed by atoms with Crippen LogP contribution in [0.25, 0.3) is 11.0 Å². The van der Waals surface area contributed by atoms with E-state index in [1.807, 2.05) is 18.2 Å². The van der Waals surface area contributed by atoms with Crippen LogP contribution in [0.3, 0.4) is 0 Å². The van der Waals surface area contributed by atoms with Crippen molar-refractivity contribution < 1.29 is 19.5 Å². The topological polar surface area (TPSA) is 126 Å². The highest BCUT2D eigenvalue weighted by atomic mass is 16.6. The predicted octanol–water partition coefficient (Wildman–Crippen LogP) is 3.86. The summed E-state index contributed by atoms with van der Waals surface area (Å²) in [5, 5.41) is 16.0. The Morgan fingerprint density at radius 2 is 1.73 bits per heavy atom. The number of amides is 1. The lowest BCUT2D eigenvalue weighted by molar-refractivity contribution is -0.130. The molecule has 3 aliphatic rings. The minimum absolute atomic E-state index is 0.0671. The summed E-state index contributed by atoms with van der Waals surface area (Å²) in [6, 6.07) is 8.73. The van der Waals surface area contributed by atoms with Gasteiger partial charge in [0.05, 0.1) is 11.0 Å². The zero-order chi connectivity index (χ0) is 28.2. The van der Waals surface area contributed by atoms with Gasteiger partial charge in [-0.2, -0.15) is 0 Å². The van der Waals surface area contributed by atoms with Gasteiger partial charge in [-0.25, -0.2) is 9.78 Å². The van der Waals surface area contributed by atoms with E-state index in [1.54, 1.807) is 10.6 Å². The van der Waals surface area contributed by atoms with Crippen LogP contribution < -0.4 is 10.9 Å². The van der Waals surface area contributed by atoms with Gasteiger partial charge in [-0.15, -0.1) is 0 Å². The molecule has 40 heavy (non-hydrogen) atoms. The van der Waals surface area contributed by atoms with Crippen LogP contribution >= 0.6 is 0 Å². The van der Waals surface area contributed by atoms with Crippen molar-refractivity contribution in [1.29, 1.82) is 0 Å². The molecular formula is C30H41N5O5. The molecule has 2 aliphatic heterocycles. The van der Waals surface area contributed by atoms with Crippen LogP contribution in [-0.2, 0) is 14.4 Å². The summed E-state index contributed by atoms with van der Waals surface area (Å²) >= 11 is 0. The van der Waals surface area contributed by atoms with Crippen molar-refractivity contribution in [1.82, 2.24) is 19.8 Å². The molecule has 0 spiro atoms. The summed E-state index contributed by atoms with van der Waals surface area (Å²) in [6.07, 6.45) is 12.9. The molecule has 5 atom stereocenters. The molecule has 2 bridgehead atoms. The van der Waals surface area contributed by atoms with Crippen LogP contribution in [0, 0.1) is 5.92 Å². The number of aliphatic carboxylic acids is 1. The van der Waals surface area contributed by atoms with Gasteiger partial charge in [-0.05, 0) is 56.6 Å². The Kier molecular flexibility index (Phi) is 8.83. The molecule has 3 heterocycles. The molecule has 10 nitrogen and oxygen atoms in total. The number of carbonyl (C=O) groups excluding carboxylic acids is 1. The number of nitrogens with zero attached hydrogens (tertiary/aromatic N) is 4. The normalized spacial score (nSPS) is 27.4. The summed E-state index contributed by atoms with van der Waals surface area (Å²) in [7, 11) is 1.44. The average molecular weight is 552 g/mol. The standard InChI is InChI=1S/C30H41N5O5/c1-3-8-19-9-6-10-20(15-19)34-21-11-7-12-22(34)17-23(16-21)35-25-14-5-4-13-24(25)32-27(29(35)37)28(30(38)39)33-40-18-26(36)31-2/h4-5,13-14,19-23H,3,6-12,15-18H2,1-2H3,(H,31,36)(H,38,39)/b33-28-/t19-,20-,21-,22?,23?/m1/s1. The highest BCUT2D eigenvalue weighted by molar-refractivity contribution is 6.41. The molecular weight excluding hydrogens is 510 g/mol. The van der Waals surface area contributed by atoms with E-state index in [2.05, 4.69) is 27.3 Å². The van der Waals surface area contributed by atoms with E-state index in [0.717, 1.165) is 31.6 Å². The first kappa shape index (κ1) is 28.3. The molecule has 0 radical (unpaired) electrons. The smallest absolute Gasteiger partial charge is 0.360 e. The van der Waals surface area contributed by atoms with E-state index in [-0.39, 0.29) is 11.7 Å². The van der Waals surface area contributed by atoms with Gasteiger partial charge in [0.25, 0.3) is 11.5 Å². The lowest BCUT2D eigenvalue weighted by atomic mass is 9.76. The number of benzene rings is 1. The largest absolute Gasteiger partial charge is 0.476 e. The first-order chi connectivity index (χ1) is 19.4. The molecule has 1 aliphatic carbocycles. The zero-order valence-electron chi connectivity index (χ0n) is 23.6. The lowest BCUT2D eigenvalue weighted by Crippen LogP contribution is -2.58. The molecule has 2 N–H and O–H groups in total. The monoisotopic (exact) mass is 551 g/mol. The maximum Gasteiger partial charge on any atom is 0.360 e. The van der Waals surface area contributed by atoms with E-state index < -0.39 is 29.8 Å². The van der Waals surface area contributed by atoms with Gasteiger partial charge in [0.15, 0.2) is 12.3 Å². The molecule has 1 amide bonds. The molecule has 1 aromatic heterocycles. The Balaban J connectivity index is 1.49. The van der Waals surface area contributed by atoms with E-state index >= 15 is 0 Å². The van der Waals surface area contributed by atoms with Crippen LogP contribution in [-0.4, -0.2) is 68.9 Å². The number of carboxylic acid groups (broad SMARTS) is 1. The van der Waals surface area contributed by atoms with E-state index in [1.165, 1.54) is 52.0 Å². The average Bonchev–Trinajstić information content (AvgIpc) is 2.94. The molecule has 2 unspecified atom stereocenters. The second kappa shape index (κ2) is 12.5. The lowest BCUT2D eigenvalue weighted by Gasteiger charge is -2.54. The molecule has 1 aromatic carbocycles. The molecule has 3 fully saturated rings. The molecule has 5 rings (SSSR count). The molecule has 10 heteroatoms. The number of fused-ring (bicyclic) bond motifs is 3. The quantitative estimate of drug-likeness (QED) is 0.358. The number of rotatable bonds is 9. The summed E-state index contributed by atoms with van der Waals surface area (Å²) in [5.74, 6) is -1.08. The third-order valence-corrected chi connectivity index (χ3v) is 9.10. The highest BCUT2D eigenvalue weighted by Crippen LogP contribution is 2.44. The Labute approximate surface area is 234 Å². The summed E-state index contributed by atoms with van der Waals surface area (Å²) < 4.78 is 1.76. The number of aromatic nitrogens is 2. The SMILES string of the molecule is CCC[C@@H]1CCC[C@@H](N2C3CCC[C@@H]2CC(n2c(=O)c(/C(=N/OCC(=O)NC)C(=O)O)nc4ccccc42)C3)C1. The number of nitrogens with one attached hydrogen (secondary N) is 1. The molecule has 2 aromatic rings. The summed E-state index contributed by atoms with van der Waals surface area (Å²) in [5.41, 5.74) is -0.134. The summed E-state index contributed by atoms with van der Waals surface area (Å²) in [4.78, 5) is 49.9. The fraction of sp³-hybridized carbons (Fsp3) is 0.633. The molecule has 2 saturated heterocycles. The van der Waals surface area contributed by atoms with Crippen LogP contribution in [0.2, 0.25) is 0 Å². The number of likely N-dealkylation sites (N-methyl/N-ethyl adjacent to an activating group) is 1. The van der Waals surface area contributed by atoms with Crippen LogP contribution in [0.15, 0.2) is 34.2 Å². The maximum absolute atomic E-state index is 14.0. The van der Waals surface area contributed by atoms with Crippen molar-refractivity contribution in [2.75, 3.05) is 13.7 Å². The van der Waals surface area contributed by atoms with Gasteiger partial charge in [-0.3, -0.25) is 14.5 Å². The predicted molar refractivity (Wildman–Crippen MR) is 152 cm³/mol. The van der Waals surface area contributed by atoms with E-state index in [9.17, 15) is 19.5 Å². The van der Waals surface area contributed by atoms with Gasteiger partial charge in [-0.1, -0.05) is 56.3 Å². The van der Waals surface area contributed by atoms with Gasteiger partial charge in [0.2, 0.25) is 5.71 Å². The van der Waals surface area contributed by atoms with Crippen LogP contribution in [0.5, 0.6) is 0 Å².